The molecule has 33 heavy (non-hydrogen) atoms. The van der Waals surface area contributed by atoms with Crippen LogP contribution in [0.3, 0.4) is 0 Å². The van der Waals surface area contributed by atoms with E-state index in [-0.39, 0.29) is 36.5 Å². The summed E-state index contributed by atoms with van der Waals surface area (Å²) in [5.74, 6) is -2.39. The van der Waals surface area contributed by atoms with Gasteiger partial charge in [0.25, 0.3) is 5.69 Å². The van der Waals surface area contributed by atoms with Crippen LogP contribution in [0.5, 0.6) is 0 Å². The van der Waals surface area contributed by atoms with E-state index < -0.39 is 28.9 Å². The van der Waals surface area contributed by atoms with Crippen molar-refractivity contribution >= 4 is 17.6 Å². The molecule has 1 aliphatic heterocycles. The Morgan fingerprint density at radius 1 is 1.18 bits per heavy atom. The predicted octanol–water partition coefficient (Wildman–Crippen LogP) is 0.831. The molecule has 1 heterocycles. The number of hydrogen-bond donors (Lipinski definition) is 3. The minimum absolute atomic E-state index is 0.0404. The molecule has 0 bridgehead atoms. The lowest BCUT2D eigenvalue weighted by molar-refractivity contribution is -0.384. The van der Waals surface area contributed by atoms with Crippen molar-refractivity contribution in [3.63, 3.8) is 0 Å². The maximum Gasteiger partial charge on any atom is 0.336 e. The number of ether oxygens (including phenoxy) is 2. The molecular formula is C22H29N3O8. The van der Waals surface area contributed by atoms with E-state index >= 15 is 0 Å². The first kappa shape index (κ1) is 26.0. The summed E-state index contributed by atoms with van der Waals surface area (Å²) in [4.78, 5) is 38.1. The fourth-order valence-electron chi connectivity index (χ4n) is 3.90. The van der Waals surface area contributed by atoms with Crippen LogP contribution in [0.15, 0.2) is 46.8 Å². The van der Waals surface area contributed by atoms with E-state index in [0.29, 0.717) is 23.5 Å². The molecule has 1 atom stereocenters. The van der Waals surface area contributed by atoms with Gasteiger partial charge >= 0.3 is 11.9 Å². The topological polar surface area (TPSA) is 151 Å². The zero-order valence-corrected chi connectivity index (χ0v) is 19.0. The Bertz CT molecular complexity index is 932. The minimum Gasteiger partial charge on any atom is -0.466 e. The molecule has 0 saturated heterocycles. The number of nitro groups is 1. The molecule has 1 unspecified atom stereocenters. The van der Waals surface area contributed by atoms with Crippen molar-refractivity contribution in [1.29, 1.82) is 0 Å². The fourth-order valence-corrected chi connectivity index (χ4v) is 3.90. The number of benzene rings is 1. The number of carbonyl (C=O) groups excluding carboxylic acids is 2. The van der Waals surface area contributed by atoms with E-state index in [1.165, 1.54) is 32.4 Å². The number of aliphatic hydroxyl groups is 2. The number of methoxy groups -OCH3 is 2. The lowest BCUT2D eigenvalue weighted by atomic mass is 9.79. The maximum absolute atomic E-state index is 12.9. The summed E-state index contributed by atoms with van der Waals surface area (Å²) >= 11 is 0. The van der Waals surface area contributed by atoms with E-state index in [0.717, 1.165) is 0 Å². The second kappa shape index (κ2) is 11.5. The number of esters is 2. The maximum atomic E-state index is 12.9. The smallest absolute Gasteiger partial charge is 0.336 e. The van der Waals surface area contributed by atoms with Crippen LogP contribution in [0.1, 0.15) is 25.3 Å². The highest BCUT2D eigenvalue weighted by Gasteiger charge is 2.41. The number of nitro benzene ring substituents is 1. The lowest BCUT2D eigenvalue weighted by Gasteiger charge is -2.38. The standard InChI is InChI=1S/C22H29N3O8/c1-13-18(21(28)32-3)20(15-6-5-7-16(10-15)25(30)31)19(22(29)33-4)14(2)24(13)12-17(27)11-23-8-9-26/h5-7,10,17,20,23,26-27H,8-9,11-12H2,1-4H3. The number of nitrogens with zero attached hydrogens (tertiary/aromatic N) is 2. The molecule has 180 valence electrons. The predicted molar refractivity (Wildman–Crippen MR) is 118 cm³/mol. The second-order valence-electron chi connectivity index (χ2n) is 7.46. The minimum atomic E-state index is -0.967. The van der Waals surface area contributed by atoms with Gasteiger partial charge in [0.2, 0.25) is 0 Å². The molecule has 2 rings (SSSR count). The van der Waals surface area contributed by atoms with Crippen molar-refractivity contribution in [3.8, 4) is 0 Å². The molecule has 0 aliphatic carbocycles. The van der Waals surface area contributed by atoms with Crippen LogP contribution in [0.4, 0.5) is 5.69 Å². The third kappa shape index (κ3) is 5.75. The average Bonchev–Trinajstić information content (AvgIpc) is 2.80. The van der Waals surface area contributed by atoms with Crippen LogP contribution < -0.4 is 5.32 Å². The molecule has 0 fully saturated rings. The zero-order chi connectivity index (χ0) is 24.7. The van der Waals surface area contributed by atoms with Gasteiger partial charge in [-0.1, -0.05) is 12.1 Å². The summed E-state index contributed by atoms with van der Waals surface area (Å²) in [6.07, 6.45) is -0.895. The van der Waals surface area contributed by atoms with Crippen LogP contribution in [-0.2, 0) is 19.1 Å². The van der Waals surface area contributed by atoms with Crippen molar-refractivity contribution in [2.45, 2.75) is 25.9 Å². The van der Waals surface area contributed by atoms with Crippen LogP contribution in [0.25, 0.3) is 0 Å². The Morgan fingerprint density at radius 3 is 2.24 bits per heavy atom. The molecule has 0 aromatic heterocycles. The van der Waals surface area contributed by atoms with Gasteiger partial charge in [0.15, 0.2) is 0 Å². The highest BCUT2D eigenvalue weighted by Crippen LogP contribution is 2.43. The largest absolute Gasteiger partial charge is 0.466 e. The van der Waals surface area contributed by atoms with Crippen LogP contribution in [0, 0.1) is 10.1 Å². The summed E-state index contributed by atoms with van der Waals surface area (Å²) in [7, 11) is 2.40. The molecule has 0 radical (unpaired) electrons. The fraction of sp³-hybridized carbons (Fsp3) is 0.455. The number of rotatable bonds is 10. The highest BCUT2D eigenvalue weighted by atomic mass is 16.6. The summed E-state index contributed by atoms with van der Waals surface area (Å²) in [5, 5.41) is 33.6. The van der Waals surface area contributed by atoms with Crippen LogP contribution in [0.2, 0.25) is 0 Å². The van der Waals surface area contributed by atoms with Crippen molar-refractivity contribution in [1.82, 2.24) is 10.2 Å². The summed E-state index contributed by atoms with van der Waals surface area (Å²) in [6, 6.07) is 5.69. The molecule has 0 saturated carbocycles. The van der Waals surface area contributed by atoms with Crippen molar-refractivity contribution < 1.29 is 34.2 Å². The second-order valence-corrected chi connectivity index (χ2v) is 7.46. The van der Waals surface area contributed by atoms with Gasteiger partial charge in [0, 0.05) is 43.2 Å². The highest BCUT2D eigenvalue weighted by molar-refractivity contribution is 5.99. The molecule has 1 aromatic carbocycles. The van der Waals surface area contributed by atoms with E-state index in [4.69, 9.17) is 14.6 Å². The zero-order valence-electron chi connectivity index (χ0n) is 19.0. The van der Waals surface area contributed by atoms with Gasteiger partial charge in [-0.15, -0.1) is 0 Å². The van der Waals surface area contributed by atoms with Crippen LogP contribution in [-0.4, -0.2) is 78.5 Å². The normalized spacial score (nSPS) is 15.5. The Hall–Kier alpha value is -3.28. The number of non-ortho nitro benzene ring substituents is 1. The van der Waals surface area contributed by atoms with Gasteiger partial charge in [-0.05, 0) is 19.4 Å². The van der Waals surface area contributed by atoms with Gasteiger partial charge < -0.3 is 29.9 Å². The van der Waals surface area contributed by atoms with E-state index in [1.807, 2.05) is 0 Å². The summed E-state index contributed by atoms with van der Waals surface area (Å²) < 4.78 is 9.97. The van der Waals surface area contributed by atoms with Gasteiger partial charge in [-0.25, -0.2) is 9.59 Å². The summed E-state index contributed by atoms with van der Waals surface area (Å²) in [5.41, 5.74) is 1.26. The molecule has 0 spiro atoms. The van der Waals surface area contributed by atoms with E-state index in [9.17, 15) is 24.8 Å². The molecule has 11 heteroatoms. The first-order valence-electron chi connectivity index (χ1n) is 10.3. The van der Waals surface area contributed by atoms with Gasteiger partial charge in [0.1, 0.15) is 0 Å². The monoisotopic (exact) mass is 463 g/mol. The molecule has 3 N–H and O–H groups in total. The van der Waals surface area contributed by atoms with Crippen LogP contribution >= 0.6 is 0 Å². The average molecular weight is 463 g/mol. The number of allylic oxidation sites excluding steroid dienone is 2. The Morgan fingerprint density at radius 2 is 1.76 bits per heavy atom. The SMILES string of the molecule is COC(=O)C1=C(C)N(CC(O)CNCCO)C(C)=C(C(=O)OC)C1c1cccc([N+](=O)[O-])c1. The van der Waals surface area contributed by atoms with Crippen molar-refractivity contribution in [3.05, 3.63) is 62.5 Å². The van der Waals surface area contributed by atoms with Crippen molar-refractivity contribution in [2.24, 2.45) is 0 Å². The third-order valence-electron chi connectivity index (χ3n) is 5.45. The Labute approximate surface area is 191 Å². The molecule has 0 amide bonds. The summed E-state index contributed by atoms with van der Waals surface area (Å²) in [6.45, 7) is 3.74. The number of carbonyl (C=O) groups is 2. The number of aliphatic hydroxyl groups excluding tert-OH is 2. The Balaban J connectivity index is 2.66. The third-order valence-corrected chi connectivity index (χ3v) is 5.45. The first-order chi connectivity index (χ1) is 15.7. The van der Waals surface area contributed by atoms with Gasteiger partial charge in [-0.2, -0.15) is 0 Å². The molecular weight excluding hydrogens is 434 g/mol. The van der Waals surface area contributed by atoms with E-state index in [2.05, 4.69) is 5.32 Å². The quantitative estimate of drug-likeness (QED) is 0.197. The molecule has 1 aromatic rings. The van der Waals surface area contributed by atoms with Gasteiger partial charge in [0.05, 0.1) is 48.9 Å². The Kier molecular flexibility index (Phi) is 9.09. The number of hydrogen-bond acceptors (Lipinski definition) is 10. The molecule has 1 aliphatic rings. The van der Waals surface area contributed by atoms with Gasteiger partial charge in [-0.3, -0.25) is 10.1 Å². The van der Waals surface area contributed by atoms with Crippen molar-refractivity contribution in [2.75, 3.05) is 40.5 Å². The lowest BCUT2D eigenvalue weighted by Crippen LogP contribution is -2.41. The van der Waals surface area contributed by atoms with E-state index in [1.54, 1.807) is 24.8 Å². The first-order valence-corrected chi connectivity index (χ1v) is 10.3. The number of β-amino-alcohol motifs (C(OH)–C–C–N with tert-alkyl or cyclic N) is 1. The number of nitrogens with one attached hydrogen (secondary N) is 1. The molecule has 11 nitrogen and oxygen atoms in total.